The molecule has 21 heavy (non-hydrogen) atoms. The second-order valence-corrected chi connectivity index (χ2v) is 7.66. The molecule has 3 rings (SSSR count). The zero-order valence-corrected chi connectivity index (χ0v) is 13.5. The van der Waals surface area contributed by atoms with Gasteiger partial charge in [-0.3, -0.25) is 0 Å². The summed E-state index contributed by atoms with van der Waals surface area (Å²) in [5.41, 5.74) is -0.0876. The number of thiazole rings is 1. The normalized spacial score (nSPS) is 30.7. The highest BCUT2D eigenvalue weighted by Crippen LogP contribution is 2.52. The monoisotopic (exact) mass is 307 g/mol. The van der Waals surface area contributed by atoms with Crippen molar-refractivity contribution in [1.29, 1.82) is 0 Å². The molecule has 3 atom stereocenters. The lowest BCUT2D eigenvalue weighted by Gasteiger charge is -2.58. The standard InChI is InChI=1S/C16H21NO3S/c1-10-17-9-11(21-10)6-7-13(18)20-15-12-5-4-8-19-14(12)16(15,2)3/h6-7,9,12,14-15H,4-5,8H2,1-3H3/b7-6+/t12-,14-,15+/m0/s1. The van der Waals surface area contributed by atoms with Crippen LogP contribution in [-0.4, -0.2) is 29.8 Å². The maximum atomic E-state index is 12.0. The Kier molecular flexibility index (Phi) is 3.88. The van der Waals surface area contributed by atoms with E-state index in [1.165, 1.54) is 6.08 Å². The lowest BCUT2D eigenvalue weighted by atomic mass is 9.57. The van der Waals surface area contributed by atoms with E-state index in [4.69, 9.17) is 9.47 Å². The molecule has 0 spiro atoms. The predicted molar refractivity (Wildman–Crippen MR) is 82.0 cm³/mol. The SMILES string of the molecule is Cc1ncc(/C=C/C(=O)O[C@@H]2[C@H]3CCCO[C@@H]3C2(C)C)s1. The maximum Gasteiger partial charge on any atom is 0.331 e. The number of rotatable bonds is 3. The topological polar surface area (TPSA) is 48.4 Å². The molecule has 0 unspecified atom stereocenters. The molecular weight excluding hydrogens is 286 g/mol. The van der Waals surface area contributed by atoms with E-state index in [1.54, 1.807) is 23.6 Å². The van der Waals surface area contributed by atoms with Gasteiger partial charge in [0.25, 0.3) is 0 Å². The van der Waals surface area contributed by atoms with E-state index < -0.39 is 0 Å². The minimum Gasteiger partial charge on any atom is -0.458 e. The first kappa shape index (κ1) is 14.7. The van der Waals surface area contributed by atoms with Crippen molar-refractivity contribution in [2.24, 2.45) is 11.3 Å². The van der Waals surface area contributed by atoms with Gasteiger partial charge >= 0.3 is 5.97 Å². The quantitative estimate of drug-likeness (QED) is 0.635. The lowest BCUT2D eigenvalue weighted by molar-refractivity contribution is -0.252. The van der Waals surface area contributed by atoms with Gasteiger partial charge in [0.05, 0.1) is 11.1 Å². The molecule has 0 N–H and O–H groups in total. The van der Waals surface area contributed by atoms with Crippen molar-refractivity contribution in [3.63, 3.8) is 0 Å². The Hall–Kier alpha value is -1.20. The molecule has 5 heteroatoms. The van der Waals surface area contributed by atoms with Crippen LogP contribution in [0.25, 0.3) is 6.08 Å². The number of carbonyl (C=O) groups excluding carboxylic acids is 1. The van der Waals surface area contributed by atoms with Crippen LogP contribution in [0, 0.1) is 18.3 Å². The highest BCUT2D eigenvalue weighted by atomic mass is 32.1. The molecule has 2 aliphatic rings. The van der Waals surface area contributed by atoms with Crippen LogP contribution in [0.2, 0.25) is 0 Å². The van der Waals surface area contributed by atoms with Gasteiger partial charge in [-0.15, -0.1) is 11.3 Å². The van der Waals surface area contributed by atoms with Gasteiger partial charge in [0.15, 0.2) is 0 Å². The zero-order chi connectivity index (χ0) is 15.0. The smallest absolute Gasteiger partial charge is 0.331 e. The minimum absolute atomic E-state index is 0.0388. The van der Waals surface area contributed by atoms with E-state index in [2.05, 4.69) is 18.8 Å². The number of fused-ring (bicyclic) bond motifs is 1. The molecule has 2 fully saturated rings. The van der Waals surface area contributed by atoms with Crippen molar-refractivity contribution in [3.8, 4) is 0 Å². The Morgan fingerprint density at radius 1 is 1.57 bits per heavy atom. The van der Waals surface area contributed by atoms with Crippen molar-refractivity contribution in [1.82, 2.24) is 4.98 Å². The Balaban J connectivity index is 1.61. The van der Waals surface area contributed by atoms with Gasteiger partial charge in [0.2, 0.25) is 0 Å². The molecule has 1 aliphatic carbocycles. The summed E-state index contributed by atoms with van der Waals surface area (Å²) in [6, 6.07) is 0. The molecule has 1 saturated heterocycles. The first-order valence-corrected chi connectivity index (χ1v) is 8.23. The van der Waals surface area contributed by atoms with Crippen LogP contribution in [0.3, 0.4) is 0 Å². The van der Waals surface area contributed by atoms with E-state index in [0.717, 1.165) is 29.3 Å². The van der Waals surface area contributed by atoms with Gasteiger partial charge < -0.3 is 9.47 Å². The number of hydrogen-bond acceptors (Lipinski definition) is 5. The Bertz CT molecular complexity index is 564. The Labute approximate surface area is 129 Å². The van der Waals surface area contributed by atoms with Crippen LogP contribution < -0.4 is 0 Å². The van der Waals surface area contributed by atoms with Gasteiger partial charge in [-0.05, 0) is 25.8 Å². The summed E-state index contributed by atoms with van der Waals surface area (Å²) in [4.78, 5) is 17.2. The molecule has 1 aliphatic heterocycles. The second-order valence-electron chi connectivity index (χ2n) is 6.39. The van der Waals surface area contributed by atoms with Crippen molar-refractivity contribution < 1.29 is 14.3 Å². The molecule has 1 saturated carbocycles. The van der Waals surface area contributed by atoms with Crippen molar-refractivity contribution >= 4 is 23.4 Å². The van der Waals surface area contributed by atoms with E-state index >= 15 is 0 Å². The summed E-state index contributed by atoms with van der Waals surface area (Å²) >= 11 is 1.56. The molecule has 1 aromatic heterocycles. The summed E-state index contributed by atoms with van der Waals surface area (Å²) in [5.74, 6) is 0.0832. The van der Waals surface area contributed by atoms with Crippen LogP contribution in [0.4, 0.5) is 0 Å². The number of aryl methyl sites for hydroxylation is 1. The fraction of sp³-hybridized carbons (Fsp3) is 0.625. The number of nitrogens with zero attached hydrogens (tertiary/aromatic N) is 1. The molecule has 2 heterocycles. The summed E-state index contributed by atoms with van der Waals surface area (Å²) in [5, 5.41) is 0.991. The first-order valence-electron chi connectivity index (χ1n) is 7.41. The van der Waals surface area contributed by atoms with Crippen LogP contribution in [0.1, 0.15) is 36.6 Å². The summed E-state index contributed by atoms with van der Waals surface area (Å²) in [6.07, 6.45) is 7.38. The largest absolute Gasteiger partial charge is 0.458 e. The second kappa shape index (κ2) is 5.54. The molecule has 0 aromatic carbocycles. The van der Waals surface area contributed by atoms with Crippen LogP contribution in [-0.2, 0) is 14.3 Å². The Morgan fingerprint density at radius 2 is 2.38 bits per heavy atom. The van der Waals surface area contributed by atoms with E-state index in [1.807, 2.05) is 6.92 Å². The van der Waals surface area contributed by atoms with Crippen LogP contribution in [0.5, 0.6) is 0 Å². The number of ether oxygens (including phenoxy) is 2. The molecule has 114 valence electrons. The first-order chi connectivity index (χ1) is 9.98. The fourth-order valence-electron chi connectivity index (χ4n) is 3.48. The highest BCUT2D eigenvalue weighted by molar-refractivity contribution is 7.12. The summed E-state index contributed by atoms with van der Waals surface area (Å²) in [6.45, 7) is 7.01. The maximum absolute atomic E-state index is 12.0. The van der Waals surface area contributed by atoms with Gasteiger partial charge in [-0.1, -0.05) is 13.8 Å². The molecular formula is C16H21NO3S. The van der Waals surface area contributed by atoms with Crippen molar-refractivity contribution in [2.45, 2.75) is 45.8 Å². The summed E-state index contributed by atoms with van der Waals surface area (Å²) < 4.78 is 11.5. The average Bonchev–Trinajstić information content (AvgIpc) is 2.88. The van der Waals surface area contributed by atoms with Crippen LogP contribution in [0.15, 0.2) is 12.3 Å². The van der Waals surface area contributed by atoms with E-state index in [9.17, 15) is 4.79 Å². The van der Waals surface area contributed by atoms with E-state index in [-0.39, 0.29) is 23.6 Å². The van der Waals surface area contributed by atoms with Gasteiger partial charge in [0, 0.05) is 35.1 Å². The Morgan fingerprint density at radius 3 is 3.10 bits per heavy atom. The van der Waals surface area contributed by atoms with Crippen molar-refractivity contribution in [3.05, 3.63) is 22.2 Å². The van der Waals surface area contributed by atoms with E-state index in [0.29, 0.717) is 5.92 Å². The molecule has 0 bridgehead atoms. The average molecular weight is 307 g/mol. The van der Waals surface area contributed by atoms with Gasteiger partial charge in [-0.2, -0.15) is 0 Å². The fourth-order valence-corrected chi connectivity index (χ4v) is 4.17. The third-order valence-electron chi connectivity index (χ3n) is 4.49. The number of carbonyl (C=O) groups is 1. The van der Waals surface area contributed by atoms with Crippen LogP contribution >= 0.6 is 11.3 Å². The molecule has 0 radical (unpaired) electrons. The number of esters is 1. The van der Waals surface area contributed by atoms with Crippen molar-refractivity contribution in [2.75, 3.05) is 6.61 Å². The van der Waals surface area contributed by atoms with Gasteiger partial charge in [-0.25, -0.2) is 9.78 Å². The number of aromatic nitrogens is 1. The molecule has 4 nitrogen and oxygen atoms in total. The van der Waals surface area contributed by atoms with Gasteiger partial charge in [0.1, 0.15) is 6.10 Å². The minimum atomic E-state index is -0.275. The highest BCUT2D eigenvalue weighted by Gasteiger charge is 2.60. The third-order valence-corrected chi connectivity index (χ3v) is 5.37. The molecule has 1 aromatic rings. The zero-order valence-electron chi connectivity index (χ0n) is 12.7. The lowest BCUT2D eigenvalue weighted by Crippen LogP contribution is -2.65. The number of hydrogen-bond donors (Lipinski definition) is 0. The molecule has 0 amide bonds. The third kappa shape index (κ3) is 2.77. The summed E-state index contributed by atoms with van der Waals surface area (Å²) in [7, 11) is 0. The predicted octanol–water partition coefficient (Wildman–Crippen LogP) is 3.21.